The molecule has 0 unspecified atom stereocenters. The quantitative estimate of drug-likeness (QED) is 0.730. The molecular weight excluding hydrogens is 408 g/mol. The van der Waals surface area contributed by atoms with Gasteiger partial charge in [-0.2, -0.15) is 8.78 Å². The van der Waals surface area contributed by atoms with E-state index >= 15 is 0 Å². The van der Waals surface area contributed by atoms with E-state index in [4.69, 9.17) is 9.88 Å². The Kier molecular flexibility index (Phi) is 6.30. The minimum absolute atomic E-state index is 0.0526. The molecule has 1 aliphatic heterocycles. The number of primary sulfonamides is 1. The number of sulfonamides is 1. The van der Waals surface area contributed by atoms with Crippen LogP contribution in [0.3, 0.4) is 0 Å². The summed E-state index contributed by atoms with van der Waals surface area (Å²) in [6.07, 6.45) is 0. The average Bonchev–Trinajstić information content (AvgIpc) is 2.68. The molecule has 0 aromatic heterocycles. The first-order valence-electron chi connectivity index (χ1n) is 8.60. The van der Waals surface area contributed by atoms with Gasteiger partial charge in [0.25, 0.3) is 5.91 Å². The number of morpholine rings is 1. The van der Waals surface area contributed by atoms with Gasteiger partial charge in [-0.25, -0.2) is 13.6 Å². The summed E-state index contributed by atoms with van der Waals surface area (Å²) in [4.78, 5) is 14.6. The summed E-state index contributed by atoms with van der Waals surface area (Å²) < 4.78 is 57.5. The highest BCUT2D eigenvalue weighted by Gasteiger charge is 2.22. The van der Waals surface area contributed by atoms with E-state index in [-0.39, 0.29) is 16.2 Å². The van der Waals surface area contributed by atoms with E-state index in [1.54, 1.807) is 0 Å². The highest BCUT2D eigenvalue weighted by molar-refractivity contribution is 7.89. The number of carbonyl (C=O) groups excluding carboxylic acids is 1. The van der Waals surface area contributed by atoms with Crippen LogP contribution in [0, 0.1) is 0 Å². The third-order valence-electron chi connectivity index (χ3n) is 4.23. The van der Waals surface area contributed by atoms with Crippen molar-refractivity contribution in [3.63, 3.8) is 0 Å². The molecule has 2 aromatic rings. The first kappa shape index (κ1) is 21.0. The second-order valence-corrected chi connectivity index (χ2v) is 7.74. The van der Waals surface area contributed by atoms with Crippen LogP contribution in [0.25, 0.3) is 0 Å². The SMILES string of the molecule is NS(=O)(=O)c1ccc(N2CCOCC2)c(C(=O)Nc2ccc(OC(F)F)cc2)c1. The maximum Gasteiger partial charge on any atom is 0.387 e. The molecule has 0 saturated carbocycles. The lowest BCUT2D eigenvalue weighted by molar-refractivity contribution is -0.0498. The Morgan fingerprint density at radius 2 is 1.79 bits per heavy atom. The first-order valence-corrected chi connectivity index (χ1v) is 10.1. The molecule has 0 spiro atoms. The number of alkyl halides is 2. The number of ether oxygens (including phenoxy) is 2. The number of nitrogens with one attached hydrogen (secondary N) is 1. The van der Waals surface area contributed by atoms with Gasteiger partial charge in [0.2, 0.25) is 10.0 Å². The fourth-order valence-electron chi connectivity index (χ4n) is 2.87. The molecule has 0 radical (unpaired) electrons. The number of nitrogens with zero attached hydrogens (tertiary/aromatic N) is 1. The Bertz CT molecular complexity index is 977. The van der Waals surface area contributed by atoms with Crippen molar-refractivity contribution in [1.82, 2.24) is 0 Å². The smallest absolute Gasteiger partial charge is 0.387 e. The molecule has 0 bridgehead atoms. The van der Waals surface area contributed by atoms with Crippen LogP contribution in [0.15, 0.2) is 47.4 Å². The molecule has 1 heterocycles. The fourth-order valence-corrected chi connectivity index (χ4v) is 3.41. The molecule has 2 aromatic carbocycles. The summed E-state index contributed by atoms with van der Waals surface area (Å²) >= 11 is 0. The number of halogens is 2. The molecule has 3 N–H and O–H groups in total. The van der Waals surface area contributed by atoms with Crippen LogP contribution in [0.5, 0.6) is 5.75 Å². The van der Waals surface area contributed by atoms with Crippen LogP contribution >= 0.6 is 0 Å². The van der Waals surface area contributed by atoms with E-state index < -0.39 is 22.5 Å². The lowest BCUT2D eigenvalue weighted by atomic mass is 10.1. The van der Waals surface area contributed by atoms with E-state index in [0.717, 1.165) is 0 Å². The van der Waals surface area contributed by atoms with Crippen molar-refractivity contribution in [2.45, 2.75) is 11.5 Å². The molecular formula is C18H19F2N3O5S. The summed E-state index contributed by atoms with van der Waals surface area (Å²) in [6, 6.07) is 9.44. The summed E-state index contributed by atoms with van der Waals surface area (Å²) in [5, 5.41) is 7.82. The average molecular weight is 427 g/mol. The van der Waals surface area contributed by atoms with Crippen molar-refractivity contribution in [1.29, 1.82) is 0 Å². The van der Waals surface area contributed by atoms with Crippen LogP contribution in [0.1, 0.15) is 10.4 Å². The standard InChI is InChI=1S/C18H19F2N3O5S/c19-18(20)28-13-3-1-12(2-4-13)22-17(24)15-11-14(29(21,25)26)5-6-16(15)23-7-9-27-10-8-23/h1-6,11,18H,7-10H2,(H,22,24)(H2,21,25,26). The third kappa shape index (κ3) is 5.40. The van der Waals surface area contributed by atoms with Crippen LogP contribution in [-0.4, -0.2) is 47.2 Å². The van der Waals surface area contributed by atoms with Gasteiger partial charge >= 0.3 is 6.61 Å². The number of benzene rings is 2. The van der Waals surface area contributed by atoms with Crippen molar-refractivity contribution in [2.75, 3.05) is 36.5 Å². The van der Waals surface area contributed by atoms with Gasteiger partial charge in [0.15, 0.2) is 0 Å². The van der Waals surface area contributed by atoms with Gasteiger partial charge in [-0.1, -0.05) is 0 Å². The molecule has 3 rings (SSSR count). The zero-order valence-electron chi connectivity index (χ0n) is 15.2. The molecule has 156 valence electrons. The largest absolute Gasteiger partial charge is 0.435 e. The summed E-state index contributed by atoms with van der Waals surface area (Å²) in [7, 11) is -4.01. The van der Waals surface area contributed by atoms with Crippen molar-refractivity contribution in [3.05, 3.63) is 48.0 Å². The van der Waals surface area contributed by atoms with Gasteiger partial charge in [-0.05, 0) is 42.5 Å². The third-order valence-corrected chi connectivity index (χ3v) is 5.14. The van der Waals surface area contributed by atoms with Crippen LogP contribution in [0.2, 0.25) is 0 Å². The summed E-state index contributed by atoms with van der Waals surface area (Å²) in [5.74, 6) is -0.622. The van der Waals surface area contributed by atoms with Crippen molar-refractivity contribution in [3.8, 4) is 5.75 Å². The number of hydrogen-bond acceptors (Lipinski definition) is 6. The molecule has 1 amide bonds. The Morgan fingerprint density at radius 1 is 1.14 bits per heavy atom. The Labute approximate surface area is 166 Å². The number of anilines is 2. The maximum absolute atomic E-state index is 12.9. The van der Waals surface area contributed by atoms with E-state index in [1.807, 2.05) is 4.90 Å². The van der Waals surface area contributed by atoms with Gasteiger partial charge in [0.1, 0.15) is 5.75 Å². The highest BCUT2D eigenvalue weighted by Crippen LogP contribution is 2.26. The van der Waals surface area contributed by atoms with Gasteiger partial charge < -0.3 is 19.7 Å². The number of rotatable bonds is 6. The molecule has 8 nitrogen and oxygen atoms in total. The van der Waals surface area contributed by atoms with E-state index in [1.165, 1.54) is 42.5 Å². The molecule has 0 atom stereocenters. The lowest BCUT2D eigenvalue weighted by Gasteiger charge is -2.30. The second-order valence-electron chi connectivity index (χ2n) is 6.18. The predicted octanol–water partition coefficient (Wildman–Crippen LogP) is 2.02. The number of nitrogens with two attached hydrogens (primary N) is 1. The molecule has 1 saturated heterocycles. The number of hydrogen-bond donors (Lipinski definition) is 2. The molecule has 11 heteroatoms. The van der Waals surface area contributed by atoms with Gasteiger partial charge in [0.05, 0.1) is 23.7 Å². The zero-order valence-corrected chi connectivity index (χ0v) is 16.0. The highest BCUT2D eigenvalue weighted by atomic mass is 32.2. The molecule has 29 heavy (non-hydrogen) atoms. The normalized spacial score (nSPS) is 14.7. The molecule has 0 aliphatic carbocycles. The van der Waals surface area contributed by atoms with Gasteiger partial charge in [-0.3, -0.25) is 4.79 Å². The molecule has 1 fully saturated rings. The van der Waals surface area contributed by atoms with Gasteiger partial charge in [0, 0.05) is 24.5 Å². The van der Waals surface area contributed by atoms with E-state index in [2.05, 4.69) is 10.1 Å². The minimum atomic E-state index is -4.01. The predicted molar refractivity (Wildman–Crippen MR) is 102 cm³/mol. The Morgan fingerprint density at radius 3 is 2.38 bits per heavy atom. The Hall–Kier alpha value is -2.76. The fraction of sp³-hybridized carbons (Fsp3) is 0.278. The van der Waals surface area contributed by atoms with Crippen molar-refractivity contribution >= 4 is 27.3 Å². The Balaban J connectivity index is 1.88. The van der Waals surface area contributed by atoms with Crippen molar-refractivity contribution < 1.29 is 31.5 Å². The van der Waals surface area contributed by atoms with Crippen molar-refractivity contribution in [2.24, 2.45) is 5.14 Å². The monoisotopic (exact) mass is 427 g/mol. The maximum atomic E-state index is 12.9. The van der Waals surface area contributed by atoms with E-state index in [9.17, 15) is 22.0 Å². The molecule has 1 aliphatic rings. The van der Waals surface area contributed by atoms with Crippen LogP contribution < -0.4 is 20.1 Å². The van der Waals surface area contributed by atoms with Crippen LogP contribution in [-0.2, 0) is 14.8 Å². The second kappa shape index (κ2) is 8.72. The number of amides is 1. The first-order chi connectivity index (χ1) is 13.7. The van der Waals surface area contributed by atoms with Crippen LogP contribution in [0.4, 0.5) is 20.2 Å². The summed E-state index contributed by atoms with van der Waals surface area (Å²) in [5.41, 5.74) is 0.979. The van der Waals surface area contributed by atoms with E-state index in [0.29, 0.717) is 37.7 Å². The minimum Gasteiger partial charge on any atom is -0.435 e. The number of carbonyl (C=O) groups is 1. The lowest BCUT2D eigenvalue weighted by Crippen LogP contribution is -2.37. The van der Waals surface area contributed by atoms with Gasteiger partial charge in [-0.15, -0.1) is 0 Å². The summed E-state index contributed by atoms with van der Waals surface area (Å²) in [6.45, 7) is -0.927. The zero-order chi connectivity index (χ0) is 21.0. The topological polar surface area (TPSA) is 111 Å².